The molecule has 9 nitrogen and oxygen atoms in total. The molecule has 0 bridgehead atoms. The summed E-state index contributed by atoms with van der Waals surface area (Å²) in [5, 5.41) is 11.2. The highest BCUT2D eigenvalue weighted by atomic mass is 16.5. The molecule has 2 aromatic heterocycles. The van der Waals surface area contributed by atoms with Gasteiger partial charge in [-0.1, -0.05) is 11.6 Å². The molecular formula is C21H29N5O4. The molecule has 1 aliphatic heterocycles. The summed E-state index contributed by atoms with van der Waals surface area (Å²) in [6.45, 7) is 4.07. The first-order valence-corrected chi connectivity index (χ1v) is 10.5. The van der Waals surface area contributed by atoms with E-state index in [1.165, 1.54) is 0 Å². The van der Waals surface area contributed by atoms with Crippen LogP contribution in [-0.4, -0.2) is 64.5 Å². The SMILES string of the molecule is COCCN1C(=O)CCC2(CNC(=O)c3cc(Cn4cc(C)cn4)on3)CCCC12. The van der Waals surface area contributed by atoms with E-state index in [0.29, 0.717) is 38.4 Å². The highest BCUT2D eigenvalue weighted by Gasteiger charge is 2.50. The van der Waals surface area contributed by atoms with E-state index >= 15 is 0 Å². The van der Waals surface area contributed by atoms with E-state index in [0.717, 1.165) is 31.2 Å². The van der Waals surface area contributed by atoms with Gasteiger partial charge in [-0.3, -0.25) is 14.3 Å². The lowest BCUT2D eigenvalue weighted by Gasteiger charge is -2.46. The fourth-order valence-corrected chi connectivity index (χ4v) is 4.89. The van der Waals surface area contributed by atoms with Crippen molar-refractivity contribution >= 4 is 11.8 Å². The van der Waals surface area contributed by atoms with E-state index in [1.54, 1.807) is 24.1 Å². The number of rotatable bonds is 8. The second-order valence-corrected chi connectivity index (χ2v) is 8.43. The molecule has 1 N–H and O–H groups in total. The zero-order valence-corrected chi connectivity index (χ0v) is 17.6. The number of hydrogen-bond donors (Lipinski definition) is 1. The van der Waals surface area contributed by atoms with Crippen molar-refractivity contribution in [2.75, 3.05) is 26.8 Å². The number of carbonyl (C=O) groups excluding carboxylic acids is 2. The van der Waals surface area contributed by atoms with Gasteiger partial charge < -0.3 is 19.5 Å². The monoisotopic (exact) mass is 415 g/mol. The fourth-order valence-electron chi connectivity index (χ4n) is 4.89. The fraction of sp³-hybridized carbons (Fsp3) is 0.619. The molecule has 1 saturated heterocycles. The molecule has 2 aromatic rings. The number of methoxy groups -OCH3 is 1. The number of amides is 2. The molecule has 1 saturated carbocycles. The Morgan fingerprint density at radius 3 is 3.07 bits per heavy atom. The molecule has 162 valence electrons. The lowest BCUT2D eigenvalue weighted by atomic mass is 9.74. The van der Waals surface area contributed by atoms with Crippen molar-refractivity contribution in [3.63, 3.8) is 0 Å². The van der Waals surface area contributed by atoms with Gasteiger partial charge in [-0.2, -0.15) is 5.10 Å². The third kappa shape index (κ3) is 4.12. The number of nitrogens with one attached hydrogen (secondary N) is 1. The molecule has 2 amide bonds. The molecule has 0 radical (unpaired) electrons. The Morgan fingerprint density at radius 2 is 2.30 bits per heavy atom. The van der Waals surface area contributed by atoms with E-state index in [1.807, 2.05) is 18.0 Å². The molecule has 2 unspecified atom stereocenters. The topological polar surface area (TPSA) is 102 Å². The van der Waals surface area contributed by atoms with Crippen LogP contribution in [0.5, 0.6) is 0 Å². The van der Waals surface area contributed by atoms with Crippen LogP contribution in [0.2, 0.25) is 0 Å². The van der Waals surface area contributed by atoms with Gasteiger partial charge in [0.25, 0.3) is 5.91 Å². The Bertz CT molecular complexity index is 907. The minimum Gasteiger partial charge on any atom is -0.383 e. The molecule has 0 aromatic carbocycles. The van der Waals surface area contributed by atoms with Crippen LogP contribution in [0.25, 0.3) is 0 Å². The highest BCUT2D eigenvalue weighted by Crippen LogP contribution is 2.47. The number of aryl methyl sites for hydroxylation is 1. The molecule has 1 aliphatic carbocycles. The van der Waals surface area contributed by atoms with Gasteiger partial charge in [-0.15, -0.1) is 0 Å². The van der Waals surface area contributed by atoms with E-state index in [9.17, 15) is 9.59 Å². The molecule has 0 spiro atoms. The Labute approximate surface area is 175 Å². The van der Waals surface area contributed by atoms with Gasteiger partial charge in [-0.05, 0) is 31.7 Å². The van der Waals surface area contributed by atoms with Crippen molar-refractivity contribution in [2.45, 2.75) is 51.6 Å². The third-order valence-electron chi connectivity index (χ3n) is 6.40. The maximum Gasteiger partial charge on any atom is 0.273 e. The molecule has 2 atom stereocenters. The van der Waals surface area contributed by atoms with Crippen LogP contribution in [0.15, 0.2) is 23.0 Å². The summed E-state index contributed by atoms with van der Waals surface area (Å²) < 4.78 is 12.2. The van der Waals surface area contributed by atoms with Gasteiger partial charge in [0.15, 0.2) is 11.5 Å². The first-order valence-electron chi connectivity index (χ1n) is 10.5. The number of hydrogen-bond acceptors (Lipinski definition) is 6. The third-order valence-corrected chi connectivity index (χ3v) is 6.40. The predicted octanol–water partition coefficient (Wildman–Crippen LogP) is 1.77. The lowest BCUT2D eigenvalue weighted by molar-refractivity contribution is -0.142. The summed E-state index contributed by atoms with van der Waals surface area (Å²) in [7, 11) is 1.65. The average Bonchev–Trinajstić information content (AvgIpc) is 3.46. The first kappa shape index (κ1) is 20.6. The summed E-state index contributed by atoms with van der Waals surface area (Å²) in [4.78, 5) is 27.1. The minimum absolute atomic E-state index is 0.0730. The van der Waals surface area contributed by atoms with Crippen LogP contribution >= 0.6 is 0 Å². The summed E-state index contributed by atoms with van der Waals surface area (Å²) in [5.74, 6) is 0.520. The molecule has 9 heteroatoms. The minimum atomic E-state index is -0.248. The van der Waals surface area contributed by atoms with E-state index in [2.05, 4.69) is 15.6 Å². The van der Waals surface area contributed by atoms with Crippen LogP contribution in [0.3, 0.4) is 0 Å². The zero-order valence-electron chi connectivity index (χ0n) is 17.6. The molecule has 30 heavy (non-hydrogen) atoms. The molecule has 2 aliphatic rings. The van der Waals surface area contributed by atoms with Crippen molar-refractivity contribution < 1.29 is 18.8 Å². The number of fused-ring (bicyclic) bond motifs is 1. The van der Waals surface area contributed by atoms with Gasteiger partial charge >= 0.3 is 0 Å². The number of piperidine rings is 1. The van der Waals surface area contributed by atoms with Crippen LogP contribution in [-0.2, 0) is 16.1 Å². The average molecular weight is 415 g/mol. The summed E-state index contributed by atoms with van der Waals surface area (Å²) in [6, 6.07) is 1.82. The van der Waals surface area contributed by atoms with Crippen LogP contribution in [0.1, 0.15) is 53.9 Å². The summed E-state index contributed by atoms with van der Waals surface area (Å²) >= 11 is 0. The van der Waals surface area contributed by atoms with E-state index in [-0.39, 0.29) is 29.0 Å². The van der Waals surface area contributed by atoms with Crippen molar-refractivity contribution in [2.24, 2.45) is 5.41 Å². The number of nitrogens with zero attached hydrogens (tertiary/aromatic N) is 4. The normalized spacial score (nSPS) is 23.6. The molecule has 2 fully saturated rings. The second-order valence-electron chi connectivity index (χ2n) is 8.43. The van der Waals surface area contributed by atoms with Gasteiger partial charge in [0.2, 0.25) is 5.91 Å². The predicted molar refractivity (Wildman–Crippen MR) is 108 cm³/mol. The summed E-state index contributed by atoms with van der Waals surface area (Å²) in [5.41, 5.74) is 1.25. The highest BCUT2D eigenvalue weighted by molar-refractivity contribution is 5.92. The standard InChI is InChI=1S/C21H29N5O4/c1-15-11-23-25(12-15)13-16-10-17(24-30-16)20(28)22-14-21-6-3-4-18(21)26(8-9-29-2)19(27)5-7-21/h10-12,18H,3-9,13-14H2,1-2H3,(H,22,28). The Kier molecular flexibility index (Phi) is 5.90. The second kappa shape index (κ2) is 8.59. The lowest BCUT2D eigenvalue weighted by Crippen LogP contribution is -2.56. The quantitative estimate of drug-likeness (QED) is 0.705. The maximum atomic E-state index is 12.7. The van der Waals surface area contributed by atoms with E-state index < -0.39 is 0 Å². The van der Waals surface area contributed by atoms with Crippen LogP contribution in [0.4, 0.5) is 0 Å². The van der Waals surface area contributed by atoms with Crippen molar-refractivity contribution in [1.29, 1.82) is 0 Å². The van der Waals surface area contributed by atoms with Crippen molar-refractivity contribution in [1.82, 2.24) is 25.2 Å². The Hall–Kier alpha value is -2.68. The van der Waals surface area contributed by atoms with Crippen molar-refractivity contribution in [3.8, 4) is 0 Å². The van der Waals surface area contributed by atoms with Crippen LogP contribution < -0.4 is 5.32 Å². The Balaban J connectivity index is 1.38. The van der Waals surface area contributed by atoms with Crippen LogP contribution in [0, 0.1) is 12.3 Å². The van der Waals surface area contributed by atoms with Gasteiger partial charge in [0, 0.05) is 50.3 Å². The van der Waals surface area contributed by atoms with Crippen molar-refractivity contribution in [3.05, 3.63) is 35.5 Å². The molecule has 4 rings (SSSR count). The summed E-state index contributed by atoms with van der Waals surface area (Å²) in [6.07, 6.45) is 8.05. The number of ether oxygens (including phenoxy) is 1. The Morgan fingerprint density at radius 1 is 1.43 bits per heavy atom. The van der Waals surface area contributed by atoms with Gasteiger partial charge in [0.05, 0.1) is 12.8 Å². The largest absolute Gasteiger partial charge is 0.383 e. The number of carbonyl (C=O) groups is 2. The maximum absolute atomic E-state index is 12.7. The van der Waals surface area contributed by atoms with Gasteiger partial charge in [-0.25, -0.2) is 0 Å². The number of aromatic nitrogens is 3. The number of likely N-dealkylation sites (tertiary alicyclic amines) is 1. The molecule has 3 heterocycles. The van der Waals surface area contributed by atoms with Gasteiger partial charge in [0.1, 0.15) is 6.54 Å². The smallest absolute Gasteiger partial charge is 0.273 e. The first-order chi connectivity index (χ1) is 14.5. The zero-order chi connectivity index (χ0) is 21.1. The van der Waals surface area contributed by atoms with E-state index in [4.69, 9.17) is 9.26 Å². The molecular weight excluding hydrogens is 386 g/mol.